The van der Waals surface area contributed by atoms with Crippen molar-refractivity contribution in [1.82, 2.24) is 0 Å². The molecule has 0 bridgehead atoms. The second-order valence-electron chi connectivity index (χ2n) is 5.89. The van der Waals surface area contributed by atoms with E-state index < -0.39 is 5.82 Å². The van der Waals surface area contributed by atoms with Gasteiger partial charge in [-0.1, -0.05) is 18.2 Å². The summed E-state index contributed by atoms with van der Waals surface area (Å²) in [7, 11) is 0. The monoisotopic (exact) mass is 450 g/mol. The maximum absolute atomic E-state index is 13.9. The van der Waals surface area contributed by atoms with Gasteiger partial charge in [0, 0.05) is 11.3 Å². The molecule has 2 aromatic carbocycles. The van der Waals surface area contributed by atoms with Gasteiger partial charge in [-0.15, -0.1) is 24.0 Å². The number of aliphatic imine (C=N–C) groups is 1. The summed E-state index contributed by atoms with van der Waals surface area (Å²) < 4.78 is 13.9. The molecular formula is C19H20FIN4. The Morgan fingerprint density at radius 3 is 2.80 bits per heavy atom. The minimum absolute atomic E-state index is 0. The van der Waals surface area contributed by atoms with Gasteiger partial charge >= 0.3 is 0 Å². The second-order valence-corrected chi connectivity index (χ2v) is 5.89. The van der Waals surface area contributed by atoms with Crippen LogP contribution in [0.15, 0.2) is 41.4 Å². The summed E-state index contributed by atoms with van der Waals surface area (Å²) in [6, 6.07) is 12.4. The molecule has 3 rings (SSSR count). The van der Waals surface area contributed by atoms with E-state index in [4.69, 9.17) is 11.0 Å². The first-order chi connectivity index (χ1) is 11.7. The van der Waals surface area contributed by atoms with E-state index in [1.54, 1.807) is 12.1 Å². The Bertz CT molecular complexity index is 827. The summed E-state index contributed by atoms with van der Waals surface area (Å²) in [5, 5.41) is 11.9. The number of halogens is 2. The Hall–Kier alpha value is -2.14. The molecule has 1 aliphatic rings. The number of guanidine groups is 1. The molecule has 4 nitrogen and oxygen atoms in total. The second kappa shape index (κ2) is 8.81. The number of nitriles is 1. The molecule has 0 aliphatic heterocycles. The van der Waals surface area contributed by atoms with Crippen LogP contribution in [0.25, 0.3) is 0 Å². The summed E-state index contributed by atoms with van der Waals surface area (Å²) in [6.45, 7) is 0.130. The van der Waals surface area contributed by atoms with Crippen LogP contribution in [0.2, 0.25) is 0 Å². The lowest BCUT2D eigenvalue weighted by molar-refractivity contribution is 0.610. The topological polar surface area (TPSA) is 74.2 Å². The maximum atomic E-state index is 13.9. The lowest BCUT2D eigenvalue weighted by Crippen LogP contribution is -2.24. The SMILES string of the molecule is I.N#Cc1ccc(CN=C(N)Nc2cccc3c2CCCC3)c(F)c1. The fourth-order valence-electron chi connectivity index (χ4n) is 2.99. The Labute approximate surface area is 164 Å². The summed E-state index contributed by atoms with van der Waals surface area (Å²) >= 11 is 0. The van der Waals surface area contributed by atoms with E-state index in [1.165, 1.54) is 30.0 Å². The summed E-state index contributed by atoms with van der Waals surface area (Å²) in [4.78, 5) is 4.22. The molecule has 0 unspecified atom stereocenters. The van der Waals surface area contributed by atoms with E-state index in [0.29, 0.717) is 11.1 Å². The standard InChI is InChI=1S/C19H19FN4.HI/c20-17-10-13(11-21)8-9-15(17)12-23-19(22)24-18-7-3-5-14-4-1-2-6-16(14)18;/h3,5,7-10H,1-2,4,6,12H2,(H3,22,23,24);1H. The van der Waals surface area contributed by atoms with Crippen molar-refractivity contribution in [3.8, 4) is 6.07 Å². The fraction of sp³-hybridized carbons (Fsp3) is 0.263. The molecule has 0 fully saturated rings. The number of rotatable bonds is 3. The molecular weight excluding hydrogens is 430 g/mol. The molecule has 0 aromatic heterocycles. The normalized spacial score (nSPS) is 13.4. The third-order valence-electron chi connectivity index (χ3n) is 4.26. The van der Waals surface area contributed by atoms with Crippen LogP contribution in [0.3, 0.4) is 0 Å². The lowest BCUT2D eigenvalue weighted by Gasteiger charge is -2.19. The van der Waals surface area contributed by atoms with Gasteiger partial charge < -0.3 is 11.1 Å². The number of benzene rings is 2. The summed E-state index contributed by atoms with van der Waals surface area (Å²) in [5.74, 6) is -0.180. The Morgan fingerprint density at radius 1 is 1.24 bits per heavy atom. The highest BCUT2D eigenvalue weighted by molar-refractivity contribution is 14.0. The first kappa shape index (κ1) is 19.2. The van der Waals surface area contributed by atoms with Crippen LogP contribution >= 0.6 is 24.0 Å². The lowest BCUT2D eigenvalue weighted by atomic mass is 9.90. The van der Waals surface area contributed by atoms with Crippen molar-refractivity contribution in [3.05, 3.63) is 64.5 Å². The minimum Gasteiger partial charge on any atom is -0.370 e. The van der Waals surface area contributed by atoms with Crippen LogP contribution < -0.4 is 11.1 Å². The number of hydrogen-bond donors (Lipinski definition) is 2. The molecule has 2 aromatic rings. The van der Waals surface area contributed by atoms with Crippen LogP contribution in [-0.2, 0) is 19.4 Å². The number of nitrogens with two attached hydrogens (primary N) is 1. The Kier molecular flexibility index (Phi) is 6.76. The number of fused-ring (bicyclic) bond motifs is 1. The molecule has 1 aliphatic carbocycles. The van der Waals surface area contributed by atoms with E-state index in [1.807, 2.05) is 18.2 Å². The van der Waals surface area contributed by atoms with E-state index >= 15 is 0 Å². The third kappa shape index (κ3) is 4.69. The molecule has 0 amide bonds. The van der Waals surface area contributed by atoms with Crippen molar-refractivity contribution in [2.45, 2.75) is 32.2 Å². The van der Waals surface area contributed by atoms with Crippen molar-refractivity contribution in [1.29, 1.82) is 5.26 Å². The van der Waals surface area contributed by atoms with Crippen molar-refractivity contribution in [2.75, 3.05) is 5.32 Å². The molecule has 0 radical (unpaired) electrons. The van der Waals surface area contributed by atoms with Crippen LogP contribution in [0.1, 0.15) is 35.1 Å². The highest BCUT2D eigenvalue weighted by Crippen LogP contribution is 2.27. The number of aryl methyl sites for hydroxylation is 1. The van der Waals surface area contributed by atoms with Crippen LogP contribution in [0.5, 0.6) is 0 Å². The van der Waals surface area contributed by atoms with Crippen LogP contribution in [0, 0.1) is 17.1 Å². The number of nitrogens with one attached hydrogen (secondary N) is 1. The van der Waals surface area contributed by atoms with E-state index in [-0.39, 0.29) is 36.5 Å². The van der Waals surface area contributed by atoms with Gasteiger partial charge in [-0.3, -0.25) is 0 Å². The molecule has 0 saturated heterocycles. The smallest absolute Gasteiger partial charge is 0.193 e. The zero-order valence-electron chi connectivity index (χ0n) is 13.8. The molecule has 130 valence electrons. The molecule has 0 atom stereocenters. The van der Waals surface area contributed by atoms with Gasteiger partial charge in [0.25, 0.3) is 0 Å². The van der Waals surface area contributed by atoms with Gasteiger partial charge in [0.05, 0.1) is 18.2 Å². The third-order valence-corrected chi connectivity index (χ3v) is 4.26. The maximum Gasteiger partial charge on any atom is 0.193 e. The molecule has 25 heavy (non-hydrogen) atoms. The van der Waals surface area contributed by atoms with Gasteiger partial charge in [0.15, 0.2) is 5.96 Å². The van der Waals surface area contributed by atoms with Gasteiger partial charge in [-0.2, -0.15) is 5.26 Å². The molecule has 0 heterocycles. The van der Waals surface area contributed by atoms with Gasteiger partial charge in [0.1, 0.15) is 5.82 Å². The zero-order chi connectivity index (χ0) is 16.9. The quantitative estimate of drug-likeness (QED) is 0.420. The molecule has 0 saturated carbocycles. The number of hydrogen-bond acceptors (Lipinski definition) is 2. The molecule has 0 spiro atoms. The predicted molar refractivity (Wildman–Crippen MR) is 109 cm³/mol. The first-order valence-corrected chi connectivity index (χ1v) is 8.03. The largest absolute Gasteiger partial charge is 0.370 e. The van der Waals surface area contributed by atoms with E-state index in [9.17, 15) is 4.39 Å². The molecule has 6 heteroatoms. The van der Waals surface area contributed by atoms with Gasteiger partial charge in [-0.25, -0.2) is 9.38 Å². The van der Waals surface area contributed by atoms with Crippen molar-refractivity contribution in [3.63, 3.8) is 0 Å². The number of anilines is 1. The number of nitrogens with zero attached hydrogens (tertiary/aromatic N) is 2. The fourth-order valence-corrected chi connectivity index (χ4v) is 2.99. The Morgan fingerprint density at radius 2 is 2.04 bits per heavy atom. The summed E-state index contributed by atoms with van der Waals surface area (Å²) in [5.41, 5.74) is 10.3. The van der Waals surface area contributed by atoms with Gasteiger partial charge in [0.2, 0.25) is 0 Å². The average Bonchev–Trinajstić information content (AvgIpc) is 2.61. The predicted octanol–water partition coefficient (Wildman–Crippen LogP) is 4.12. The van der Waals surface area contributed by atoms with Crippen molar-refractivity contribution >= 4 is 35.6 Å². The summed E-state index contributed by atoms with van der Waals surface area (Å²) in [6.07, 6.45) is 4.53. The van der Waals surface area contributed by atoms with E-state index in [0.717, 1.165) is 18.5 Å². The van der Waals surface area contributed by atoms with Gasteiger partial charge in [-0.05, 0) is 55.0 Å². The zero-order valence-corrected chi connectivity index (χ0v) is 16.1. The van der Waals surface area contributed by atoms with Crippen LogP contribution in [-0.4, -0.2) is 5.96 Å². The first-order valence-electron chi connectivity index (χ1n) is 8.03. The van der Waals surface area contributed by atoms with Crippen LogP contribution in [0.4, 0.5) is 10.1 Å². The van der Waals surface area contributed by atoms with E-state index in [2.05, 4.69) is 16.4 Å². The van der Waals surface area contributed by atoms with Crippen molar-refractivity contribution in [2.24, 2.45) is 10.7 Å². The highest BCUT2D eigenvalue weighted by Gasteiger charge is 2.13. The average molecular weight is 450 g/mol. The Balaban J connectivity index is 0.00000225. The minimum atomic E-state index is -0.442. The molecule has 3 N–H and O–H groups in total. The highest BCUT2D eigenvalue weighted by atomic mass is 127. The van der Waals surface area contributed by atoms with Crippen molar-refractivity contribution < 1.29 is 4.39 Å².